The molecule has 0 aliphatic carbocycles. The molecule has 3 rings (SSSR count). The van der Waals surface area contributed by atoms with Crippen LogP contribution >= 0.6 is 11.8 Å². The Labute approximate surface area is 156 Å². The van der Waals surface area contributed by atoms with E-state index >= 15 is 0 Å². The van der Waals surface area contributed by atoms with Crippen molar-refractivity contribution in [2.45, 2.75) is 24.0 Å². The molecule has 1 fully saturated rings. The van der Waals surface area contributed by atoms with Crippen molar-refractivity contribution in [2.75, 3.05) is 12.0 Å². The van der Waals surface area contributed by atoms with E-state index in [4.69, 9.17) is 4.74 Å². The summed E-state index contributed by atoms with van der Waals surface area (Å²) in [5.74, 6) is 0.231. The molecule has 1 heterocycles. The number of ether oxygens (including phenoxy) is 1. The highest BCUT2D eigenvalue weighted by molar-refractivity contribution is 8.16. The second-order valence-electron chi connectivity index (χ2n) is 5.72. The molecule has 1 saturated heterocycles. The van der Waals surface area contributed by atoms with Crippen LogP contribution in [0.25, 0.3) is 0 Å². The third-order valence-electron chi connectivity index (χ3n) is 3.94. The van der Waals surface area contributed by atoms with Crippen LogP contribution in [-0.2, 0) is 14.8 Å². The van der Waals surface area contributed by atoms with E-state index in [1.807, 2.05) is 0 Å². The number of amidine groups is 1. The molecule has 136 valence electrons. The van der Waals surface area contributed by atoms with Crippen LogP contribution in [0, 0.1) is 6.92 Å². The smallest absolute Gasteiger partial charge is 0.285 e. The van der Waals surface area contributed by atoms with Gasteiger partial charge in [-0.15, -0.1) is 4.40 Å². The molecule has 1 atom stereocenters. The minimum atomic E-state index is -3.95. The van der Waals surface area contributed by atoms with E-state index in [1.165, 1.54) is 18.1 Å². The van der Waals surface area contributed by atoms with Crippen molar-refractivity contribution >= 4 is 38.5 Å². The summed E-state index contributed by atoms with van der Waals surface area (Å²) in [4.78, 5) is 14.1. The van der Waals surface area contributed by atoms with Crippen LogP contribution in [0.4, 0.5) is 5.69 Å². The molecule has 1 aliphatic heterocycles. The fourth-order valence-electron chi connectivity index (χ4n) is 2.63. The lowest BCUT2D eigenvalue weighted by Gasteiger charge is -2.19. The molecular weight excluding hydrogens is 372 g/mol. The van der Waals surface area contributed by atoms with Gasteiger partial charge < -0.3 is 4.74 Å². The first-order chi connectivity index (χ1) is 12.3. The van der Waals surface area contributed by atoms with Gasteiger partial charge in [0.05, 0.1) is 22.9 Å². The van der Waals surface area contributed by atoms with Gasteiger partial charge in [-0.3, -0.25) is 9.69 Å². The number of methoxy groups -OCH3 is 1. The summed E-state index contributed by atoms with van der Waals surface area (Å²) in [6.45, 7) is 3.43. The molecule has 0 N–H and O–H groups in total. The number of aryl methyl sites for hydroxylation is 1. The second kappa shape index (κ2) is 7.13. The van der Waals surface area contributed by atoms with E-state index in [0.29, 0.717) is 17.0 Å². The third kappa shape index (κ3) is 3.34. The summed E-state index contributed by atoms with van der Waals surface area (Å²) in [7, 11) is -2.45. The predicted molar refractivity (Wildman–Crippen MR) is 103 cm³/mol. The zero-order chi connectivity index (χ0) is 18.9. The lowest BCUT2D eigenvalue weighted by atomic mass is 10.2. The highest BCUT2D eigenvalue weighted by Gasteiger charge is 2.39. The number of para-hydroxylation sites is 2. The second-order valence-corrected chi connectivity index (χ2v) is 8.60. The van der Waals surface area contributed by atoms with Crippen molar-refractivity contribution in [3.8, 4) is 5.75 Å². The van der Waals surface area contributed by atoms with E-state index in [2.05, 4.69) is 4.40 Å². The van der Waals surface area contributed by atoms with Gasteiger partial charge in [0.1, 0.15) is 5.75 Å². The van der Waals surface area contributed by atoms with Gasteiger partial charge in [-0.1, -0.05) is 42.1 Å². The van der Waals surface area contributed by atoms with E-state index in [1.54, 1.807) is 56.3 Å². The van der Waals surface area contributed by atoms with Crippen LogP contribution in [-0.4, -0.2) is 31.9 Å². The number of carbonyl (C=O) groups is 1. The van der Waals surface area contributed by atoms with Gasteiger partial charge >= 0.3 is 0 Å². The maximum Gasteiger partial charge on any atom is 0.285 e. The molecule has 2 aromatic carbocycles. The summed E-state index contributed by atoms with van der Waals surface area (Å²) >= 11 is 1.11. The monoisotopic (exact) mass is 390 g/mol. The molecule has 2 aromatic rings. The number of hydrogen-bond acceptors (Lipinski definition) is 5. The van der Waals surface area contributed by atoms with Crippen molar-refractivity contribution in [1.82, 2.24) is 0 Å². The summed E-state index contributed by atoms with van der Waals surface area (Å²) in [6.07, 6.45) is 0. The molecule has 26 heavy (non-hydrogen) atoms. The summed E-state index contributed by atoms with van der Waals surface area (Å²) in [6, 6.07) is 13.6. The van der Waals surface area contributed by atoms with E-state index in [9.17, 15) is 13.2 Å². The van der Waals surface area contributed by atoms with Gasteiger partial charge in [0, 0.05) is 0 Å². The summed E-state index contributed by atoms with van der Waals surface area (Å²) in [5, 5.41) is -0.319. The van der Waals surface area contributed by atoms with Crippen molar-refractivity contribution in [2.24, 2.45) is 4.40 Å². The van der Waals surface area contributed by atoms with Crippen LogP contribution in [0.5, 0.6) is 5.75 Å². The SMILES string of the molecule is COc1ccccc1N1C(=O)C(C)S/C1=N/S(=O)(=O)c1ccccc1C. The van der Waals surface area contributed by atoms with E-state index < -0.39 is 15.3 Å². The molecule has 1 aliphatic rings. The quantitative estimate of drug-likeness (QED) is 0.801. The van der Waals surface area contributed by atoms with Crippen LogP contribution in [0.2, 0.25) is 0 Å². The van der Waals surface area contributed by atoms with E-state index in [-0.39, 0.29) is 16.0 Å². The first-order valence-electron chi connectivity index (χ1n) is 7.89. The number of benzene rings is 2. The molecule has 0 aromatic heterocycles. The molecule has 0 bridgehead atoms. The largest absolute Gasteiger partial charge is 0.495 e. The number of sulfonamides is 1. The number of carbonyl (C=O) groups excluding carboxylic acids is 1. The normalized spacial score (nSPS) is 19.2. The van der Waals surface area contributed by atoms with Crippen molar-refractivity contribution in [3.63, 3.8) is 0 Å². The minimum Gasteiger partial charge on any atom is -0.495 e. The standard InChI is InChI=1S/C18H18N2O4S2/c1-12-8-4-7-11-16(12)26(22,23)19-18-20(17(21)13(2)25-18)14-9-5-6-10-15(14)24-3/h4-11,13H,1-3H3/b19-18+. The number of anilines is 1. The van der Waals surface area contributed by atoms with Gasteiger partial charge in [0.15, 0.2) is 5.17 Å². The Morgan fingerprint density at radius 1 is 1.12 bits per heavy atom. The Bertz CT molecular complexity index is 986. The first kappa shape index (κ1) is 18.5. The number of thioether (sulfide) groups is 1. The average molecular weight is 390 g/mol. The molecule has 0 saturated carbocycles. The minimum absolute atomic E-state index is 0.121. The van der Waals surface area contributed by atoms with Gasteiger partial charge in [0.2, 0.25) is 5.91 Å². The van der Waals surface area contributed by atoms with Crippen LogP contribution in [0.15, 0.2) is 57.8 Å². The van der Waals surface area contributed by atoms with Gasteiger partial charge in [-0.25, -0.2) is 0 Å². The van der Waals surface area contributed by atoms with Crippen LogP contribution < -0.4 is 9.64 Å². The Balaban J connectivity index is 2.12. The molecule has 6 nitrogen and oxygen atoms in total. The Morgan fingerprint density at radius 3 is 2.46 bits per heavy atom. The van der Waals surface area contributed by atoms with Crippen molar-refractivity contribution < 1.29 is 17.9 Å². The number of amides is 1. The number of hydrogen-bond donors (Lipinski definition) is 0. The maximum atomic E-state index is 12.8. The van der Waals surface area contributed by atoms with Crippen LogP contribution in [0.3, 0.4) is 0 Å². The topological polar surface area (TPSA) is 76.0 Å². The number of rotatable bonds is 4. The fraction of sp³-hybridized carbons (Fsp3) is 0.222. The van der Waals surface area contributed by atoms with Crippen molar-refractivity contribution in [3.05, 3.63) is 54.1 Å². The number of nitrogens with zero attached hydrogens (tertiary/aromatic N) is 2. The Kier molecular flexibility index (Phi) is 5.06. The molecule has 1 amide bonds. The predicted octanol–water partition coefficient (Wildman–Crippen LogP) is 3.22. The first-order valence-corrected chi connectivity index (χ1v) is 10.2. The lowest BCUT2D eigenvalue weighted by molar-refractivity contribution is -0.116. The lowest BCUT2D eigenvalue weighted by Crippen LogP contribution is -2.32. The van der Waals surface area contributed by atoms with Gasteiger partial charge in [-0.05, 0) is 37.6 Å². The third-order valence-corrected chi connectivity index (χ3v) is 6.52. The molecular formula is C18H18N2O4S2. The van der Waals surface area contributed by atoms with Crippen molar-refractivity contribution in [1.29, 1.82) is 0 Å². The average Bonchev–Trinajstić information content (AvgIpc) is 2.88. The van der Waals surface area contributed by atoms with Gasteiger partial charge in [0.25, 0.3) is 10.0 Å². The van der Waals surface area contributed by atoms with E-state index in [0.717, 1.165) is 11.8 Å². The highest BCUT2D eigenvalue weighted by atomic mass is 32.2. The fourth-order valence-corrected chi connectivity index (χ4v) is 5.03. The maximum absolute atomic E-state index is 12.8. The Hall–Kier alpha value is -2.32. The zero-order valence-electron chi connectivity index (χ0n) is 14.5. The Morgan fingerprint density at radius 2 is 1.77 bits per heavy atom. The highest BCUT2D eigenvalue weighted by Crippen LogP contribution is 2.37. The molecule has 0 spiro atoms. The molecule has 1 unspecified atom stereocenters. The summed E-state index contributed by atoms with van der Waals surface area (Å²) < 4.78 is 34.9. The molecule has 0 radical (unpaired) electrons. The summed E-state index contributed by atoms with van der Waals surface area (Å²) in [5.41, 5.74) is 1.07. The van der Waals surface area contributed by atoms with Crippen LogP contribution in [0.1, 0.15) is 12.5 Å². The zero-order valence-corrected chi connectivity index (χ0v) is 16.2. The molecule has 8 heteroatoms. The van der Waals surface area contributed by atoms with Gasteiger partial charge in [-0.2, -0.15) is 8.42 Å².